The minimum atomic E-state index is -0.250. The fraction of sp³-hybridized carbons (Fsp3) is 0.593. The van der Waals surface area contributed by atoms with Crippen molar-refractivity contribution in [1.29, 1.82) is 0 Å². The van der Waals surface area contributed by atoms with Gasteiger partial charge in [0.2, 0.25) is 5.91 Å². The molecule has 1 atom stereocenters. The fourth-order valence-corrected chi connectivity index (χ4v) is 5.17. The SMILES string of the molecule is CCCc1ccc(CN2CCC[C@](COc3ccc(Cl)c(C)c3)(CC(=O)N3CCOCC3)C2)o1. The third-order valence-electron chi connectivity index (χ3n) is 6.90. The maximum absolute atomic E-state index is 13.3. The van der Waals surface area contributed by atoms with Crippen molar-refractivity contribution in [3.8, 4) is 5.75 Å². The van der Waals surface area contributed by atoms with Crippen molar-refractivity contribution in [2.24, 2.45) is 5.41 Å². The molecule has 4 rings (SSSR count). The number of furan rings is 1. The van der Waals surface area contributed by atoms with Crippen molar-refractivity contribution in [3.05, 3.63) is 52.4 Å². The Morgan fingerprint density at radius 3 is 2.71 bits per heavy atom. The van der Waals surface area contributed by atoms with Crippen LogP contribution in [-0.4, -0.2) is 61.7 Å². The average Bonchev–Trinajstić information content (AvgIpc) is 3.27. The van der Waals surface area contributed by atoms with Gasteiger partial charge in [0, 0.05) is 42.9 Å². The second-order valence-electron chi connectivity index (χ2n) is 9.80. The molecule has 1 aromatic carbocycles. The zero-order chi connectivity index (χ0) is 24.0. The van der Waals surface area contributed by atoms with Gasteiger partial charge in [-0.15, -0.1) is 0 Å². The van der Waals surface area contributed by atoms with E-state index in [1.165, 1.54) is 0 Å². The number of rotatable bonds is 9. The van der Waals surface area contributed by atoms with E-state index >= 15 is 0 Å². The van der Waals surface area contributed by atoms with Crippen LogP contribution in [0.25, 0.3) is 0 Å². The molecule has 2 fully saturated rings. The Bertz CT molecular complexity index is 956. The van der Waals surface area contributed by atoms with Crippen LogP contribution in [0.5, 0.6) is 5.75 Å². The van der Waals surface area contributed by atoms with Crippen molar-refractivity contribution < 1.29 is 18.7 Å². The number of hydrogen-bond donors (Lipinski definition) is 0. The lowest BCUT2D eigenvalue weighted by Gasteiger charge is -2.43. The van der Waals surface area contributed by atoms with Crippen LogP contribution < -0.4 is 4.74 Å². The summed E-state index contributed by atoms with van der Waals surface area (Å²) in [6.07, 6.45) is 4.51. The first-order chi connectivity index (χ1) is 16.5. The highest BCUT2D eigenvalue weighted by Gasteiger charge is 2.40. The third-order valence-corrected chi connectivity index (χ3v) is 7.32. The van der Waals surface area contributed by atoms with Crippen molar-refractivity contribution in [2.75, 3.05) is 46.0 Å². The van der Waals surface area contributed by atoms with E-state index in [0.717, 1.165) is 73.2 Å². The molecule has 2 aliphatic heterocycles. The Labute approximate surface area is 208 Å². The van der Waals surface area contributed by atoms with Crippen molar-refractivity contribution in [2.45, 2.75) is 52.5 Å². The summed E-state index contributed by atoms with van der Waals surface area (Å²) in [6, 6.07) is 9.93. The molecule has 186 valence electrons. The van der Waals surface area contributed by atoms with E-state index < -0.39 is 0 Å². The number of aryl methyl sites for hydroxylation is 2. The van der Waals surface area contributed by atoms with E-state index in [1.54, 1.807) is 0 Å². The van der Waals surface area contributed by atoms with Gasteiger partial charge in [-0.25, -0.2) is 0 Å². The number of ether oxygens (including phenoxy) is 2. The topological polar surface area (TPSA) is 55.2 Å². The Hall–Kier alpha value is -2.02. The monoisotopic (exact) mass is 488 g/mol. The second-order valence-corrected chi connectivity index (χ2v) is 10.2. The van der Waals surface area contributed by atoms with Gasteiger partial charge in [0.15, 0.2) is 0 Å². The summed E-state index contributed by atoms with van der Waals surface area (Å²) < 4.78 is 17.8. The van der Waals surface area contributed by atoms with Crippen LogP contribution >= 0.6 is 11.6 Å². The maximum Gasteiger partial charge on any atom is 0.223 e. The van der Waals surface area contributed by atoms with E-state index in [0.29, 0.717) is 39.3 Å². The summed E-state index contributed by atoms with van der Waals surface area (Å²) in [6.45, 7) is 9.77. The number of halogens is 1. The maximum atomic E-state index is 13.3. The van der Waals surface area contributed by atoms with Crippen LogP contribution in [0.1, 0.15) is 49.7 Å². The molecule has 0 spiro atoms. The first kappa shape index (κ1) is 25.1. The second kappa shape index (κ2) is 11.6. The molecule has 7 heteroatoms. The van der Waals surface area contributed by atoms with Gasteiger partial charge < -0.3 is 18.8 Å². The molecule has 2 saturated heterocycles. The number of likely N-dealkylation sites (tertiary alicyclic amines) is 1. The molecular weight excluding hydrogens is 452 g/mol. The number of amides is 1. The molecule has 0 saturated carbocycles. The summed E-state index contributed by atoms with van der Waals surface area (Å²) in [5.74, 6) is 3.04. The first-order valence-corrected chi connectivity index (χ1v) is 12.9. The lowest BCUT2D eigenvalue weighted by molar-refractivity contribution is -0.139. The molecule has 0 N–H and O–H groups in total. The molecule has 6 nitrogen and oxygen atoms in total. The number of piperidine rings is 1. The van der Waals surface area contributed by atoms with Gasteiger partial charge in [0.05, 0.1) is 26.4 Å². The van der Waals surface area contributed by atoms with Crippen LogP contribution in [0, 0.1) is 12.3 Å². The number of carbonyl (C=O) groups excluding carboxylic acids is 1. The molecule has 3 heterocycles. The van der Waals surface area contributed by atoms with Crippen LogP contribution in [0.2, 0.25) is 5.02 Å². The van der Waals surface area contributed by atoms with Crippen LogP contribution in [0.4, 0.5) is 0 Å². The van der Waals surface area contributed by atoms with E-state index in [-0.39, 0.29) is 11.3 Å². The molecule has 0 radical (unpaired) electrons. The Morgan fingerprint density at radius 2 is 1.94 bits per heavy atom. The summed E-state index contributed by atoms with van der Waals surface area (Å²) in [4.78, 5) is 17.6. The quantitative estimate of drug-likeness (QED) is 0.491. The van der Waals surface area contributed by atoms with Gasteiger partial charge in [0.1, 0.15) is 17.3 Å². The number of carbonyl (C=O) groups is 1. The van der Waals surface area contributed by atoms with Gasteiger partial charge in [-0.2, -0.15) is 0 Å². The summed E-state index contributed by atoms with van der Waals surface area (Å²) in [7, 11) is 0. The van der Waals surface area contributed by atoms with Gasteiger partial charge >= 0.3 is 0 Å². The minimum Gasteiger partial charge on any atom is -0.493 e. The first-order valence-electron chi connectivity index (χ1n) is 12.5. The van der Waals surface area contributed by atoms with Gasteiger partial charge in [-0.1, -0.05) is 18.5 Å². The molecule has 34 heavy (non-hydrogen) atoms. The number of morpholine rings is 1. The number of hydrogen-bond acceptors (Lipinski definition) is 5. The van der Waals surface area contributed by atoms with Gasteiger partial charge in [-0.05, 0) is 68.6 Å². The Morgan fingerprint density at radius 1 is 1.15 bits per heavy atom. The fourth-order valence-electron chi connectivity index (χ4n) is 5.06. The van der Waals surface area contributed by atoms with Crippen molar-refractivity contribution in [1.82, 2.24) is 9.80 Å². The van der Waals surface area contributed by atoms with Crippen LogP contribution in [0.15, 0.2) is 34.7 Å². The van der Waals surface area contributed by atoms with E-state index in [1.807, 2.05) is 30.0 Å². The predicted molar refractivity (Wildman–Crippen MR) is 133 cm³/mol. The van der Waals surface area contributed by atoms with E-state index in [9.17, 15) is 4.79 Å². The van der Waals surface area contributed by atoms with Gasteiger partial charge in [0.25, 0.3) is 0 Å². The molecule has 2 aliphatic rings. The standard InChI is InChI=1S/C27H37ClN2O4/c1-3-5-22-6-7-24(34-22)18-29-11-4-10-27(19-29,17-26(31)30-12-14-32-15-13-30)20-33-23-8-9-25(28)21(2)16-23/h6-9,16H,3-5,10-15,17-20H2,1-2H3/t27-/m0/s1. The zero-order valence-corrected chi connectivity index (χ0v) is 21.2. The van der Waals surface area contributed by atoms with E-state index in [2.05, 4.69) is 24.0 Å². The highest BCUT2D eigenvalue weighted by molar-refractivity contribution is 6.31. The molecule has 0 unspecified atom stereocenters. The smallest absolute Gasteiger partial charge is 0.223 e. The number of nitrogens with zero attached hydrogens (tertiary/aromatic N) is 2. The van der Waals surface area contributed by atoms with E-state index in [4.69, 9.17) is 25.5 Å². The molecule has 0 bridgehead atoms. The summed E-state index contributed by atoms with van der Waals surface area (Å²) in [5.41, 5.74) is 0.739. The predicted octanol–water partition coefficient (Wildman–Crippen LogP) is 5.10. The lowest BCUT2D eigenvalue weighted by Crippen LogP contribution is -2.50. The highest BCUT2D eigenvalue weighted by Crippen LogP contribution is 2.36. The Kier molecular flexibility index (Phi) is 8.56. The molecule has 1 aromatic heterocycles. The van der Waals surface area contributed by atoms with Crippen molar-refractivity contribution >= 4 is 17.5 Å². The summed E-state index contributed by atoms with van der Waals surface area (Å²) >= 11 is 6.20. The van der Waals surface area contributed by atoms with Crippen LogP contribution in [-0.2, 0) is 22.5 Å². The summed E-state index contributed by atoms with van der Waals surface area (Å²) in [5, 5.41) is 0.731. The zero-order valence-electron chi connectivity index (χ0n) is 20.5. The highest BCUT2D eigenvalue weighted by atomic mass is 35.5. The van der Waals surface area contributed by atoms with Crippen LogP contribution in [0.3, 0.4) is 0 Å². The lowest BCUT2D eigenvalue weighted by atomic mass is 9.77. The minimum absolute atomic E-state index is 0.198. The Balaban J connectivity index is 1.47. The number of benzene rings is 1. The molecule has 1 amide bonds. The van der Waals surface area contributed by atoms with Gasteiger partial charge in [-0.3, -0.25) is 9.69 Å². The third kappa shape index (κ3) is 6.55. The molecule has 2 aromatic rings. The molecule has 0 aliphatic carbocycles. The molecular formula is C27H37ClN2O4. The average molecular weight is 489 g/mol. The van der Waals surface area contributed by atoms with Crippen molar-refractivity contribution in [3.63, 3.8) is 0 Å². The normalized spacial score (nSPS) is 21.6. The largest absolute Gasteiger partial charge is 0.493 e.